The molecule has 0 aromatic heterocycles. The van der Waals surface area contributed by atoms with Crippen molar-refractivity contribution in [3.05, 3.63) is 0 Å². The first-order valence-corrected chi connectivity index (χ1v) is 7.22. The summed E-state index contributed by atoms with van der Waals surface area (Å²) in [6.45, 7) is 1.24. The van der Waals surface area contributed by atoms with Crippen LogP contribution in [0.2, 0.25) is 0 Å². The monoisotopic (exact) mass is 254 g/mol. The van der Waals surface area contributed by atoms with E-state index in [0.717, 1.165) is 32.1 Å². The van der Waals surface area contributed by atoms with E-state index in [0.29, 0.717) is 19.1 Å². The largest absolute Gasteiger partial charge is 0.385 e. The Morgan fingerprint density at radius 3 is 2.61 bits per heavy atom. The van der Waals surface area contributed by atoms with Crippen LogP contribution in [0.15, 0.2) is 0 Å². The molecule has 2 rings (SSSR count). The molecule has 2 aliphatic carbocycles. The molecule has 0 radical (unpaired) electrons. The van der Waals surface area contributed by atoms with Crippen LogP contribution in [0.25, 0.3) is 0 Å². The van der Waals surface area contributed by atoms with Gasteiger partial charge in [0.1, 0.15) is 0 Å². The first-order chi connectivity index (χ1) is 8.72. The highest BCUT2D eigenvalue weighted by molar-refractivity contribution is 5.83. The highest BCUT2D eigenvalue weighted by Gasteiger charge is 2.42. The summed E-state index contributed by atoms with van der Waals surface area (Å²) >= 11 is 0. The zero-order valence-corrected chi connectivity index (χ0v) is 11.4. The molecule has 18 heavy (non-hydrogen) atoms. The molecule has 2 fully saturated rings. The van der Waals surface area contributed by atoms with E-state index < -0.39 is 0 Å². The van der Waals surface area contributed by atoms with Crippen LogP contribution in [0.5, 0.6) is 0 Å². The van der Waals surface area contributed by atoms with Crippen LogP contribution in [0, 0.1) is 11.3 Å². The first kappa shape index (κ1) is 13.8. The van der Waals surface area contributed by atoms with Crippen molar-refractivity contribution in [2.24, 2.45) is 17.1 Å². The lowest BCUT2D eigenvalue weighted by Gasteiger charge is -2.30. The van der Waals surface area contributed by atoms with Crippen molar-refractivity contribution in [3.8, 4) is 0 Å². The van der Waals surface area contributed by atoms with Crippen LogP contribution in [0.1, 0.15) is 44.9 Å². The Hall–Kier alpha value is -0.610. The molecule has 1 amide bonds. The smallest absolute Gasteiger partial charge is 0.226 e. The predicted molar refractivity (Wildman–Crippen MR) is 71.1 cm³/mol. The van der Waals surface area contributed by atoms with Gasteiger partial charge >= 0.3 is 0 Å². The van der Waals surface area contributed by atoms with Gasteiger partial charge in [-0.25, -0.2) is 0 Å². The summed E-state index contributed by atoms with van der Waals surface area (Å²) in [5.41, 5.74) is 5.58. The maximum atomic E-state index is 12.6. The van der Waals surface area contributed by atoms with Crippen molar-refractivity contribution in [3.63, 3.8) is 0 Å². The molecule has 4 nitrogen and oxygen atoms in total. The number of methoxy groups -OCH3 is 1. The van der Waals surface area contributed by atoms with Crippen LogP contribution in [0.3, 0.4) is 0 Å². The van der Waals surface area contributed by atoms with E-state index in [-0.39, 0.29) is 17.4 Å². The molecule has 0 aromatic carbocycles. The molecule has 0 aliphatic heterocycles. The zero-order chi connectivity index (χ0) is 13.0. The third-order valence-electron chi connectivity index (χ3n) is 4.59. The van der Waals surface area contributed by atoms with Crippen LogP contribution in [-0.4, -0.2) is 32.2 Å². The Morgan fingerprint density at radius 1 is 1.44 bits per heavy atom. The number of ether oxygens (including phenoxy) is 1. The summed E-state index contributed by atoms with van der Waals surface area (Å²) in [5, 5.41) is 3.20. The lowest BCUT2D eigenvalue weighted by atomic mass is 9.81. The van der Waals surface area contributed by atoms with Crippen molar-refractivity contribution in [1.82, 2.24) is 5.32 Å². The van der Waals surface area contributed by atoms with Crippen molar-refractivity contribution in [2.45, 2.75) is 51.0 Å². The number of rotatable bonds is 7. The lowest BCUT2D eigenvalue weighted by Crippen LogP contribution is -2.48. The highest BCUT2D eigenvalue weighted by Crippen LogP contribution is 2.42. The number of amides is 1. The fourth-order valence-electron chi connectivity index (χ4n) is 3.13. The molecule has 2 saturated carbocycles. The van der Waals surface area contributed by atoms with Gasteiger partial charge in [0.15, 0.2) is 0 Å². The minimum Gasteiger partial charge on any atom is -0.385 e. The fourth-order valence-corrected chi connectivity index (χ4v) is 3.13. The molecule has 1 atom stereocenters. The summed E-state index contributed by atoms with van der Waals surface area (Å²) < 4.78 is 5.17. The van der Waals surface area contributed by atoms with Crippen molar-refractivity contribution in [2.75, 3.05) is 20.3 Å². The minimum atomic E-state index is -0.182. The fraction of sp³-hybridized carbons (Fsp3) is 0.929. The van der Waals surface area contributed by atoms with Crippen molar-refractivity contribution < 1.29 is 9.53 Å². The Morgan fingerprint density at radius 2 is 2.11 bits per heavy atom. The number of carbonyl (C=O) groups excluding carboxylic acids is 1. The molecular weight excluding hydrogens is 228 g/mol. The van der Waals surface area contributed by atoms with E-state index in [1.54, 1.807) is 7.11 Å². The van der Waals surface area contributed by atoms with E-state index in [1.807, 2.05) is 0 Å². The summed E-state index contributed by atoms with van der Waals surface area (Å²) in [5.74, 6) is 0.847. The van der Waals surface area contributed by atoms with E-state index in [1.165, 1.54) is 12.8 Å². The third kappa shape index (κ3) is 3.04. The van der Waals surface area contributed by atoms with Crippen LogP contribution >= 0.6 is 0 Å². The predicted octanol–water partition coefficient (Wildman–Crippen LogP) is 1.44. The Kier molecular flexibility index (Phi) is 4.62. The van der Waals surface area contributed by atoms with Gasteiger partial charge in [-0.3, -0.25) is 4.79 Å². The van der Waals surface area contributed by atoms with Gasteiger partial charge in [0.05, 0.1) is 5.41 Å². The van der Waals surface area contributed by atoms with Gasteiger partial charge in [-0.15, -0.1) is 0 Å². The molecule has 0 spiro atoms. The maximum Gasteiger partial charge on any atom is 0.226 e. The van der Waals surface area contributed by atoms with E-state index >= 15 is 0 Å². The molecule has 3 N–H and O–H groups in total. The number of nitrogens with two attached hydrogens (primary N) is 1. The summed E-state index contributed by atoms with van der Waals surface area (Å²) in [7, 11) is 1.70. The average molecular weight is 254 g/mol. The van der Waals surface area contributed by atoms with Crippen molar-refractivity contribution in [1.29, 1.82) is 0 Å². The Labute approximate surface area is 110 Å². The Bertz CT molecular complexity index is 284. The van der Waals surface area contributed by atoms with E-state index in [2.05, 4.69) is 5.32 Å². The van der Waals surface area contributed by atoms with Gasteiger partial charge in [0.2, 0.25) is 5.91 Å². The van der Waals surface area contributed by atoms with Gasteiger partial charge in [0.25, 0.3) is 0 Å². The molecular formula is C14H26N2O2. The van der Waals surface area contributed by atoms with Crippen molar-refractivity contribution >= 4 is 5.91 Å². The molecule has 104 valence electrons. The highest BCUT2D eigenvalue weighted by atomic mass is 16.5. The second kappa shape index (κ2) is 6.02. The molecule has 0 heterocycles. The van der Waals surface area contributed by atoms with Gasteiger partial charge in [-0.05, 0) is 38.0 Å². The average Bonchev–Trinajstić information content (AvgIpc) is 3.11. The first-order valence-electron chi connectivity index (χ1n) is 7.22. The molecule has 0 aromatic rings. The number of hydrogen-bond donors (Lipinski definition) is 2. The molecule has 4 heteroatoms. The van der Waals surface area contributed by atoms with Gasteiger partial charge in [-0.1, -0.05) is 12.8 Å². The second-order valence-electron chi connectivity index (χ2n) is 5.88. The lowest BCUT2D eigenvalue weighted by molar-refractivity contribution is -0.132. The van der Waals surface area contributed by atoms with Gasteiger partial charge < -0.3 is 15.8 Å². The quantitative estimate of drug-likeness (QED) is 0.722. The summed E-state index contributed by atoms with van der Waals surface area (Å²) in [6, 6.07) is 0.192. The van der Waals surface area contributed by atoms with Gasteiger partial charge in [-0.2, -0.15) is 0 Å². The van der Waals surface area contributed by atoms with E-state index in [9.17, 15) is 4.79 Å². The topological polar surface area (TPSA) is 64.3 Å². The minimum absolute atomic E-state index is 0.182. The molecule has 1 unspecified atom stereocenters. The number of carbonyl (C=O) groups is 1. The maximum absolute atomic E-state index is 12.6. The van der Waals surface area contributed by atoms with Crippen LogP contribution in [0.4, 0.5) is 0 Å². The SMILES string of the molecule is COCCC1(C(=O)NC(CN)C2CC2)CCCC1. The second-order valence-corrected chi connectivity index (χ2v) is 5.88. The number of nitrogens with one attached hydrogen (secondary N) is 1. The van der Waals surface area contributed by atoms with Crippen LogP contribution in [-0.2, 0) is 9.53 Å². The molecule has 0 bridgehead atoms. The normalized spacial score (nSPS) is 23.9. The van der Waals surface area contributed by atoms with E-state index in [4.69, 9.17) is 10.5 Å². The van der Waals surface area contributed by atoms with Gasteiger partial charge in [0, 0.05) is 26.3 Å². The molecule has 0 saturated heterocycles. The summed E-state index contributed by atoms with van der Waals surface area (Å²) in [6.07, 6.45) is 7.60. The third-order valence-corrected chi connectivity index (χ3v) is 4.59. The zero-order valence-electron chi connectivity index (χ0n) is 11.4. The Balaban J connectivity index is 1.94. The standard InChI is InChI=1S/C14H26N2O2/c1-18-9-8-14(6-2-3-7-14)13(17)16-12(10-15)11-4-5-11/h11-12H,2-10,15H2,1H3,(H,16,17). The molecule has 2 aliphatic rings. The number of hydrogen-bond acceptors (Lipinski definition) is 3. The summed E-state index contributed by atoms with van der Waals surface area (Å²) in [4.78, 5) is 12.6. The van der Waals surface area contributed by atoms with Crippen LogP contribution < -0.4 is 11.1 Å².